The number of nitrogens with zero attached hydrogens (tertiary/aromatic N) is 1. The average molecular weight is 180 g/mol. The van der Waals surface area contributed by atoms with Gasteiger partial charge < -0.3 is 5.11 Å². The number of anilines is 1. The first-order valence-corrected chi connectivity index (χ1v) is 3.90. The van der Waals surface area contributed by atoms with Crippen LogP contribution in [0.3, 0.4) is 0 Å². The predicted molar refractivity (Wildman–Crippen MR) is 49.7 cm³/mol. The number of hydrazine groups is 1. The first kappa shape index (κ1) is 9.70. The van der Waals surface area contributed by atoms with Crippen molar-refractivity contribution in [2.75, 3.05) is 5.01 Å². The number of hydrogen-bond acceptors (Lipinski definition) is 3. The van der Waals surface area contributed by atoms with Crippen LogP contribution in [0.4, 0.5) is 5.69 Å². The van der Waals surface area contributed by atoms with Crippen LogP contribution >= 0.6 is 0 Å². The van der Waals surface area contributed by atoms with Crippen LogP contribution in [0.25, 0.3) is 0 Å². The summed E-state index contributed by atoms with van der Waals surface area (Å²) in [6.45, 7) is 1.38. The molecule has 1 aromatic rings. The van der Waals surface area contributed by atoms with Gasteiger partial charge >= 0.3 is 0 Å². The third-order valence-corrected chi connectivity index (χ3v) is 1.74. The summed E-state index contributed by atoms with van der Waals surface area (Å²) in [4.78, 5) is 10.9. The van der Waals surface area contributed by atoms with Crippen LogP contribution in [-0.4, -0.2) is 11.0 Å². The predicted octanol–water partition coefficient (Wildman–Crippen LogP) is 0.406. The first-order chi connectivity index (χ1) is 6.15. The summed E-state index contributed by atoms with van der Waals surface area (Å²) in [7, 11) is 0. The third kappa shape index (κ3) is 2.27. The van der Waals surface area contributed by atoms with Crippen LogP contribution in [0.5, 0.6) is 0 Å². The lowest BCUT2D eigenvalue weighted by Crippen LogP contribution is -2.35. The normalized spacial score (nSPS) is 9.77. The van der Waals surface area contributed by atoms with Crippen LogP contribution in [-0.2, 0) is 11.4 Å². The highest BCUT2D eigenvalue weighted by molar-refractivity contribution is 5.90. The molecule has 1 rings (SSSR count). The molecule has 1 amide bonds. The number of nitrogens with two attached hydrogens (primary N) is 1. The maximum Gasteiger partial charge on any atom is 0.238 e. The fraction of sp³-hybridized carbons (Fsp3) is 0.222. The minimum atomic E-state index is -0.225. The van der Waals surface area contributed by atoms with E-state index in [-0.39, 0.29) is 12.5 Å². The Hall–Kier alpha value is -1.39. The maximum absolute atomic E-state index is 10.9. The van der Waals surface area contributed by atoms with Crippen molar-refractivity contribution in [2.24, 2.45) is 5.84 Å². The van der Waals surface area contributed by atoms with Gasteiger partial charge in [0.05, 0.1) is 12.3 Å². The molecule has 0 aromatic heterocycles. The zero-order chi connectivity index (χ0) is 9.84. The highest BCUT2D eigenvalue weighted by atomic mass is 16.3. The van der Waals surface area contributed by atoms with Crippen LogP contribution in [0.1, 0.15) is 12.5 Å². The van der Waals surface area contributed by atoms with Crippen molar-refractivity contribution in [1.29, 1.82) is 0 Å². The molecule has 0 heterocycles. The Morgan fingerprint density at radius 2 is 2.00 bits per heavy atom. The van der Waals surface area contributed by atoms with E-state index in [1.165, 1.54) is 6.92 Å². The van der Waals surface area contributed by atoms with Gasteiger partial charge in [0.1, 0.15) is 0 Å². The lowest BCUT2D eigenvalue weighted by molar-refractivity contribution is -0.116. The number of carbonyl (C=O) groups excluding carboxylic acids is 1. The molecule has 0 aliphatic rings. The summed E-state index contributed by atoms with van der Waals surface area (Å²) in [5.74, 6) is 5.23. The van der Waals surface area contributed by atoms with Crippen molar-refractivity contribution in [2.45, 2.75) is 13.5 Å². The van der Waals surface area contributed by atoms with E-state index in [1.807, 2.05) is 0 Å². The van der Waals surface area contributed by atoms with Gasteiger partial charge in [-0.15, -0.1) is 0 Å². The van der Waals surface area contributed by atoms with E-state index < -0.39 is 0 Å². The van der Waals surface area contributed by atoms with Gasteiger partial charge in [-0.1, -0.05) is 12.1 Å². The summed E-state index contributed by atoms with van der Waals surface area (Å²) in [5.41, 5.74) is 1.41. The zero-order valence-electron chi connectivity index (χ0n) is 7.40. The smallest absolute Gasteiger partial charge is 0.238 e. The lowest BCUT2D eigenvalue weighted by Gasteiger charge is -2.14. The molecular weight excluding hydrogens is 168 g/mol. The summed E-state index contributed by atoms with van der Waals surface area (Å²) < 4.78 is 0. The molecule has 0 fully saturated rings. The number of aliphatic hydroxyl groups excluding tert-OH is 1. The molecule has 0 saturated heterocycles. The number of benzene rings is 1. The summed E-state index contributed by atoms with van der Waals surface area (Å²) in [6.07, 6.45) is 0. The fourth-order valence-electron chi connectivity index (χ4n) is 0.944. The van der Waals surface area contributed by atoms with Gasteiger partial charge in [-0.3, -0.25) is 4.79 Å². The van der Waals surface area contributed by atoms with E-state index in [1.54, 1.807) is 24.3 Å². The molecule has 0 aliphatic heterocycles. The molecule has 13 heavy (non-hydrogen) atoms. The molecule has 0 radical (unpaired) electrons. The molecule has 0 aliphatic carbocycles. The monoisotopic (exact) mass is 180 g/mol. The molecule has 4 heteroatoms. The minimum absolute atomic E-state index is 0.00901. The fourth-order valence-corrected chi connectivity index (χ4v) is 0.944. The van der Waals surface area contributed by atoms with E-state index in [9.17, 15) is 4.79 Å². The highest BCUT2D eigenvalue weighted by Crippen LogP contribution is 2.12. The Bertz CT molecular complexity index is 295. The van der Waals surface area contributed by atoms with Crippen LogP contribution in [0.15, 0.2) is 24.3 Å². The molecule has 3 N–H and O–H groups in total. The Morgan fingerprint density at radius 1 is 1.46 bits per heavy atom. The van der Waals surface area contributed by atoms with Gasteiger partial charge in [0.25, 0.3) is 0 Å². The molecule has 0 spiro atoms. The van der Waals surface area contributed by atoms with Crippen molar-refractivity contribution in [3.63, 3.8) is 0 Å². The van der Waals surface area contributed by atoms with Crippen molar-refractivity contribution in [3.05, 3.63) is 29.8 Å². The van der Waals surface area contributed by atoms with Gasteiger partial charge in [0, 0.05) is 6.92 Å². The minimum Gasteiger partial charge on any atom is -0.392 e. The SMILES string of the molecule is CC(=O)N(N)c1ccc(CO)cc1. The van der Waals surface area contributed by atoms with Crippen molar-refractivity contribution in [3.8, 4) is 0 Å². The van der Waals surface area contributed by atoms with E-state index in [0.29, 0.717) is 5.69 Å². The molecule has 0 atom stereocenters. The Balaban J connectivity index is 2.85. The van der Waals surface area contributed by atoms with Crippen LogP contribution in [0, 0.1) is 0 Å². The Labute approximate surface area is 76.6 Å². The number of carbonyl (C=O) groups is 1. The van der Waals surface area contributed by atoms with Gasteiger partial charge in [-0.05, 0) is 17.7 Å². The quantitative estimate of drug-likeness (QED) is 0.393. The lowest BCUT2D eigenvalue weighted by atomic mass is 10.2. The molecule has 0 unspecified atom stereocenters. The van der Waals surface area contributed by atoms with Crippen molar-refractivity contribution < 1.29 is 9.90 Å². The van der Waals surface area contributed by atoms with Gasteiger partial charge in [-0.25, -0.2) is 10.9 Å². The first-order valence-electron chi connectivity index (χ1n) is 3.90. The Kier molecular flexibility index (Phi) is 3.00. The van der Waals surface area contributed by atoms with E-state index >= 15 is 0 Å². The summed E-state index contributed by atoms with van der Waals surface area (Å²) in [6, 6.07) is 6.82. The highest BCUT2D eigenvalue weighted by Gasteiger charge is 2.04. The second-order valence-electron chi connectivity index (χ2n) is 2.71. The number of aliphatic hydroxyl groups is 1. The van der Waals surface area contributed by atoms with E-state index in [4.69, 9.17) is 10.9 Å². The molecule has 4 nitrogen and oxygen atoms in total. The molecule has 0 bridgehead atoms. The van der Waals surface area contributed by atoms with Gasteiger partial charge in [0.15, 0.2) is 0 Å². The molecule has 0 saturated carbocycles. The third-order valence-electron chi connectivity index (χ3n) is 1.74. The van der Waals surface area contributed by atoms with Gasteiger partial charge in [0.2, 0.25) is 5.91 Å². The molecule has 70 valence electrons. The number of hydrogen-bond donors (Lipinski definition) is 2. The largest absolute Gasteiger partial charge is 0.392 e. The van der Waals surface area contributed by atoms with Crippen molar-refractivity contribution >= 4 is 11.6 Å². The zero-order valence-corrected chi connectivity index (χ0v) is 7.40. The number of amides is 1. The number of rotatable bonds is 2. The van der Waals surface area contributed by atoms with Crippen LogP contribution < -0.4 is 10.9 Å². The molecule has 1 aromatic carbocycles. The van der Waals surface area contributed by atoms with E-state index in [0.717, 1.165) is 10.6 Å². The second-order valence-corrected chi connectivity index (χ2v) is 2.71. The second kappa shape index (κ2) is 4.02. The topological polar surface area (TPSA) is 66.6 Å². The standard InChI is InChI=1S/C9H12N2O2/c1-7(13)11(10)9-4-2-8(6-12)3-5-9/h2-5,12H,6,10H2,1H3. The van der Waals surface area contributed by atoms with Gasteiger partial charge in [-0.2, -0.15) is 0 Å². The van der Waals surface area contributed by atoms with Crippen LogP contribution in [0.2, 0.25) is 0 Å². The summed E-state index contributed by atoms with van der Waals surface area (Å²) >= 11 is 0. The van der Waals surface area contributed by atoms with Crippen molar-refractivity contribution in [1.82, 2.24) is 0 Å². The summed E-state index contributed by atoms with van der Waals surface area (Å²) in [5, 5.41) is 9.82. The average Bonchev–Trinajstić information content (AvgIpc) is 2.17. The van der Waals surface area contributed by atoms with E-state index in [2.05, 4.69) is 0 Å². The Morgan fingerprint density at radius 3 is 2.38 bits per heavy atom. The molecular formula is C9H12N2O2. The maximum atomic E-state index is 10.9.